The van der Waals surface area contributed by atoms with Crippen molar-refractivity contribution in [2.45, 2.75) is 179 Å². The molecule has 15 nitrogen and oxygen atoms in total. The van der Waals surface area contributed by atoms with E-state index in [9.17, 15) is 19.9 Å². The van der Waals surface area contributed by atoms with E-state index in [-0.39, 0.29) is 54.8 Å². The standard InChI is InChI=1S/C48H69NO14/c1-11-25(2)43-28(5)17-18-47(63-43)23-34-20-33(62-47)16-15-27(4)42(60-39-22-37(55-10)44(31(8)58-39)61-38-21-36(54-9)41(50)30(7)57-38)26(3)13-12-14-32-24-56-45-40(49-53)29(6)19-35(46(51)59-34)48(32,45)52/h12-15,17-19,25-26,28,30-31,33-39,42-45,52-53H,11,16,20-24H2,1-10H3/b13-12+,27-15+,32-14+,49-40+. The van der Waals surface area contributed by atoms with Crippen LogP contribution in [0.3, 0.4) is 0 Å². The molecule has 18 unspecified atom stereocenters. The van der Waals surface area contributed by atoms with Crippen LogP contribution in [-0.2, 0) is 57.0 Å². The van der Waals surface area contributed by atoms with E-state index in [0.717, 1.165) is 12.0 Å². The zero-order chi connectivity index (χ0) is 45.4. The molecular formula is C48H69NO14. The molecule has 0 aromatic heterocycles. The first kappa shape index (κ1) is 47.9. The van der Waals surface area contributed by atoms with Gasteiger partial charge in [0.15, 0.2) is 24.2 Å². The van der Waals surface area contributed by atoms with E-state index >= 15 is 0 Å². The number of oxime groups is 1. The predicted molar refractivity (Wildman–Crippen MR) is 230 cm³/mol. The summed E-state index contributed by atoms with van der Waals surface area (Å²) >= 11 is 0. The van der Waals surface area contributed by atoms with Crippen molar-refractivity contribution in [1.82, 2.24) is 0 Å². The number of rotatable bonds is 8. The van der Waals surface area contributed by atoms with Gasteiger partial charge in [0.05, 0.1) is 37.1 Å². The summed E-state index contributed by atoms with van der Waals surface area (Å²) in [6, 6.07) is 0. The fraction of sp³-hybridized carbons (Fsp3) is 0.729. The number of hydrogen-bond acceptors (Lipinski definition) is 15. The Kier molecular flexibility index (Phi) is 15.0. The highest BCUT2D eigenvalue weighted by atomic mass is 16.7. The van der Waals surface area contributed by atoms with E-state index in [0.29, 0.717) is 30.4 Å². The molecular weight excluding hydrogens is 815 g/mol. The van der Waals surface area contributed by atoms with Gasteiger partial charge in [0.1, 0.15) is 47.8 Å². The van der Waals surface area contributed by atoms with E-state index in [1.807, 2.05) is 39.0 Å². The molecule has 0 saturated carbocycles. The molecule has 4 saturated heterocycles. The predicted octanol–water partition coefficient (Wildman–Crippen LogP) is 6.05. The number of hydrogen-bond donors (Lipinski definition) is 2. The number of carbonyl (C=O) groups is 2. The zero-order valence-electron chi connectivity index (χ0n) is 38.5. The van der Waals surface area contributed by atoms with Crippen LogP contribution in [0.25, 0.3) is 0 Å². The Morgan fingerprint density at radius 2 is 1.71 bits per heavy atom. The SMILES string of the molecule is CCC(C)C1OC2(C=CC1C)CC1CC(C/C=C(\C)C(OC3CC(OC)C(OC4CC(OC)C(=O)C(C)O4)C(C)O3)C(C)/C=C/C=C3\COC4/C(=N/O)C(C)=CC(C(=O)O1)C34O)O2. The Labute approximate surface area is 371 Å². The number of allylic oxidation sites excluding steroid dienone is 2. The molecule has 6 aliphatic heterocycles. The van der Waals surface area contributed by atoms with Crippen molar-refractivity contribution in [3.8, 4) is 0 Å². The summed E-state index contributed by atoms with van der Waals surface area (Å²) in [6.07, 6.45) is 9.41. The third-order valence-electron chi connectivity index (χ3n) is 14.3. The van der Waals surface area contributed by atoms with Gasteiger partial charge in [-0.25, -0.2) is 0 Å². The van der Waals surface area contributed by atoms with Crippen molar-refractivity contribution < 1.29 is 67.3 Å². The van der Waals surface area contributed by atoms with Crippen molar-refractivity contribution >= 4 is 17.5 Å². The number of aliphatic hydroxyl groups is 1. The van der Waals surface area contributed by atoms with Gasteiger partial charge in [0, 0.05) is 51.7 Å². The topological polar surface area (TPSA) is 179 Å². The van der Waals surface area contributed by atoms with Crippen molar-refractivity contribution in [2.75, 3.05) is 20.8 Å². The molecule has 0 aromatic rings. The van der Waals surface area contributed by atoms with Gasteiger partial charge in [0.25, 0.3) is 0 Å². The monoisotopic (exact) mass is 883 g/mol. The van der Waals surface area contributed by atoms with Gasteiger partial charge < -0.3 is 57.7 Å². The van der Waals surface area contributed by atoms with Crippen molar-refractivity contribution in [2.24, 2.45) is 28.8 Å². The summed E-state index contributed by atoms with van der Waals surface area (Å²) in [5.74, 6) is -2.80. The van der Waals surface area contributed by atoms with Gasteiger partial charge >= 0.3 is 5.97 Å². The Bertz CT molecular complexity index is 1860. The molecule has 7 aliphatic rings. The van der Waals surface area contributed by atoms with E-state index in [2.05, 4.69) is 38.1 Å². The fourth-order valence-corrected chi connectivity index (χ4v) is 10.4. The lowest BCUT2D eigenvalue weighted by molar-refractivity contribution is -0.305. The van der Waals surface area contributed by atoms with Crippen molar-refractivity contribution in [1.29, 1.82) is 0 Å². The lowest BCUT2D eigenvalue weighted by atomic mass is 9.71. The van der Waals surface area contributed by atoms with E-state index in [1.54, 1.807) is 33.1 Å². The van der Waals surface area contributed by atoms with E-state index in [1.165, 1.54) is 7.11 Å². The second-order valence-corrected chi connectivity index (χ2v) is 18.7. The molecule has 18 atom stereocenters. The molecule has 6 heterocycles. The highest BCUT2D eigenvalue weighted by Gasteiger charge is 2.60. The number of carbonyl (C=O) groups excluding carboxylic acids is 2. The summed E-state index contributed by atoms with van der Waals surface area (Å²) in [4.78, 5) is 26.9. The van der Waals surface area contributed by atoms with E-state index < -0.39 is 90.8 Å². The maximum atomic E-state index is 14.4. The number of fused-ring (bicyclic) bond motifs is 2. The minimum atomic E-state index is -1.88. The number of ketones is 1. The third kappa shape index (κ3) is 9.75. The summed E-state index contributed by atoms with van der Waals surface area (Å²) in [6.45, 7) is 15.9. The Morgan fingerprint density at radius 3 is 2.43 bits per heavy atom. The Morgan fingerprint density at radius 1 is 0.952 bits per heavy atom. The normalized spacial score (nSPS) is 46.9. The van der Waals surface area contributed by atoms with Crippen molar-refractivity contribution in [3.05, 3.63) is 59.3 Å². The maximum Gasteiger partial charge on any atom is 0.316 e. The average molecular weight is 884 g/mol. The number of ether oxygens (including phenoxy) is 10. The average Bonchev–Trinajstić information content (AvgIpc) is 3.59. The van der Waals surface area contributed by atoms with Gasteiger partial charge in [-0.1, -0.05) is 75.7 Å². The molecule has 1 aliphatic carbocycles. The quantitative estimate of drug-likeness (QED) is 0.124. The second kappa shape index (κ2) is 19.8. The van der Waals surface area contributed by atoms with Gasteiger partial charge in [-0.2, -0.15) is 0 Å². The first-order chi connectivity index (χ1) is 30.0. The molecule has 15 heteroatoms. The van der Waals surface area contributed by atoms with Gasteiger partial charge in [0.2, 0.25) is 0 Å². The second-order valence-electron chi connectivity index (χ2n) is 18.7. The molecule has 4 fully saturated rings. The van der Waals surface area contributed by atoms with Gasteiger partial charge in [-0.3, -0.25) is 9.59 Å². The highest BCUT2D eigenvalue weighted by molar-refractivity contribution is 6.07. The van der Waals surface area contributed by atoms with Crippen LogP contribution < -0.4 is 0 Å². The largest absolute Gasteiger partial charge is 0.462 e. The van der Waals surface area contributed by atoms with Crippen LogP contribution in [0.15, 0.2) is 64.4 Å². The van der Waals surface area contributed by atoms with Crippen molar-refractivity contribution in [3.63, 3.8) is 0 Å². The fourth-order valence-electron chi connectivity index (χ4n) is 10.4. The minimum Gasteiger partial charge on any atom is -0.462 e. The zero-order valence-corrected chi connectivity index (χ0v) is 38.5. The van der Waals surface area contributed by atoms with Crippen LogP contribution >= 0.6 is 0 Å². The molecule has 7 rings (SSSR count). The molecule has 0 radical (unpaired) electrons. The molecule has 0 amide bonds. The lowest BCUT2D eigenvalue weighted by Gasteiger charge is -2.48. The molecule has 350 valence electrons. The number of methoxy groups -OCH3 is 2. The Balaban J connectivity index is 1.20. The van der Waals surface area contributed by atoms with Crippen LogP contribution in [0.1, 0.15) is 93.9 Å². The first-order valence-corrected chi connectivity index (χ1v) is 22.8. The molecule has 1 spiro atoms. The molecule has 0 aromatic carbocycles. The van der Waals surface area contributed by atoms with Gasteiger partial charge in [-0.05, 0) is 62.8 Å². The van der Waals surface area contributed by atoms with Crippen LogP contribution in [0, 0.1) is 23.7 Å². The maximum absolute atomic E-state index is 14.4. The van der Waals surface area contributed by atoms with Crippen LogP contribution in [0.2, 0.25) is 0 Å². The van der Waals surface area contributed by atoms with Crippen LogP contribution in [0.5, 0.6) is 0 Å². The number of Topliss-reactive ketones (excluding diaryl/α,β-unsaturated/α-hetero) is 1. The first-order valence-electron chi connectivity index (χ1n) is 22.8. The minimum absolute atomic E-state index is 0.00162. The van der Waals surface area contributed by atoms with Gasteiger partial charge in [-0.15, -0.1) is 0 Å². The van der Waals surface area contributed by atoms with E-state index in [4.69, 9.17) is 47.4 Å². The lowest BCUT2D eigenvalue weighted by Crippen LogP contribution is -2.57. The number of esters is 1. The smallest absolute Gasteiger partial charge is 0.316 e. The summed E-state index contributed by atoms with van der Waals surface area (Å²) in [5.41, 5.74) is 0.177. The molecule has 63 heavy (non-hydrogen) atoms. The Hall–Kier alpha value is -3.09. The van der Waals surface area contributed by atoms with Crippen LogP contribution in [0.4, 0.5) is 0 Å². The summed E-state index contributed by atoms with van der Waals surface area (Å²) in [7, 11) is 3.14. The third-order valence-corrected chi connectivity index (χ3v) is 14.3. The number of nitrogens with zero attached hydrogens (tertiary/aromatic N) is 1. The highest BCUT2D eigenvalue weighted by Crippen LogP contribution is 2.46. The molecule has 2 bridgehead atoms. The summed E-state index contributed by atoms with van der Waals surface area (Å²) < 4.78 is 63.4. The summed E-state index contributed by atoms with van der Waals surface area (Å²) in [5, 5.41) is 26.1. The van der Waals surface area contributed by atoms with Crippen LogP contribution in [-0.4, -0.2) is 134 Å². The molecule has 2 N–H and O–H groups in total.